The van der Waals surface area contributed by atoms with E-state index in [1.807, 2.05) is 0 Å². The molecule has 14 heteroatoms. The number of fused-ring (bicyclic) bond motifs is 4. The van der Waals surface area contributed by atoms with Crippen LogP contribution in [0.1, 0.15) is 44.1 Å². The molecule has 1 saturated carbocycles. The predicted molar refractivity (Wildman–Crippen MR) is 190 cm³/mol. The van der Waals surface area contributed by atoms with Gasteiger partial charge in [-0.2, -0.15) is 23.1 Å². The predicted octanol–water partition coefficient (Wildman–Crippen LogP) is 6.43. The summed E-state index contributed by atoms with van der Waals surface area (Å²) < 4.78 is 86.2. The molecule has 5 fully saturated rings. The van der Waals surface area contributed by atoms with E-state index < -0.39 is 41.4 Å². The van der Waals surface area contributed by atoms with Crippen molar-refractivity contribution in [3.05, 3.63) is 53.6 Å². The highest BCUT2D eigenvalue weighted by Crippen LogP contribution is 2.49. The van der Waals surface area contributed by atoms with E-state index in [0.717, 1.165) is 69.5 Å². The molecule has 2 bridgehead atoms. The van der Waals surface area contributed by atoms with Gasteiger partial charge < -0.3 is 29.3 Å². The largest absolute Gasteiger partial charge is 0.508 e. The van der Waals surface area contributed by atoms with Crippen LogP contribution in [-0.4, -0.2) is 102 Å². The van der Waals surface area contributed by atoms with Gasteiger partial charge in [0.2, 0.25) is 0 Å². The third-order valence-corrected chi connectivity index (χ3v) is 12.2. The summed E-state index contributed by atoms with van der Waals surface area (Å²) in [4.78, 5) is 26.6. The number of aromatic nitrogens is 2. The number of aromatic hydroxyl groups is 1. The number of alkyl halides is 3. The van der Waals surface area contributed by atoms with Gasteiger partial charge in [-0.3, -0.25) is 4.79 Å². The molecule has 9 nitrogen and oxygen atoms in total. The van der Waals surface area contributed by atoms with Gasteiger partial charge in [-0.1, -0.05) is 18.1 Å². The van der Waals surface area contributed by atoms with E-state index in [9.17, 15) is 23.1 Å². The maximum Gasteiger partial charge on any atom is 0.471 e. The molecule has 1 amide bonds. The van der Waals surface area contributed by atoms with E-state index in [1.54, 1.807) is 23.1 Å². The molecule has 1 spiro atoms. The Morgan fingerprint density at radius 1 is 1.07 bits per heavy atom. The normalized spacial score (nSPS) is 24.9. The fraction of sp³-hybridized carbons (Fsp3) is 0.475. The maximum absolute atomic E-state index is 17.1. The molecule has 1 N–H and O–H groups in total. The first-order chi connectivity index (χ1) is 25.9. The second-order valence-electron chi connectivity index (χ2n) is 15.9. The first-order valence-corrected chi connectivity index (χ1v) is 18.4. The number of rotatable bonds is 7. The van der Waals surface area contributed by atoms with Crippen LogP contribution in [0.5, 0.6) is 11.8 Å². The van der Waals surface area contributed by atoms with Crippen molar-refractivity contribution in [3.63, 3.8) is 0 Å². The molecule has 5 heterocycles. The fourth-order valence-electron chi connectivity index (χ4n) is 9.35. The molecule has 9 rings (SSSR count). The van der Waals surface area contributed by atoms with Crippen LogP contribution in [0.15, 0.2) is 36.4 Å². The molecule has 0 radical (unpaired) electrons. The van der Waals surface area contributed by atoms with Gasteiger partial charge in [-0.15, -0.1) is 6.42 Å². The average Bonchev–Trinajstić information content (AvgIpc) is 3.41. The van der Waals surface area contributed by atoms with Crippen LogP contribution < -0.4 is 9.64 Å². The number of phenols is 1. The summed E-state index contributed by atoms with van der Waals surface area (Å²) >= 11 is 0. The number of halogens is 5. The summed E-state index contributed by atoms with van der Waals surface area (Å²) in [6.07, 6.45) is 5.44. The monoisotopic (exact) mass is 747 g/mol. The lowest BCUT2D eigenvalue weighted by Crippen LogP contribution is -2.59. The quantitative estimate of drug-likeness (QED) is 0.171. The first-order valence-electron chi connectivity index (χ1n) is 18.4. The van der Waals surface area contributed by atoms with Crippen molar-refractivity contribution in [2.75, 3.05) is 57.4 Å². The maximum atomic E-state index is 17.1. The fourth-order valence-corrected chi connectivity index (χ4v) is 9.35. The van der Waals surface area contributed by atoms with Crippen LogP contribution in [0.4, 0.5) is 27.8 Å². The molecule has 3 unspecified atom stereocenters. The number of amides is 1. The number of nitrogens with zero attached hydrogens (tertiary/aromatic N) is 5. The summed E-state index contributed by atoms with van der Waals surface area (Å²) in [5, 5.41) is 11.5. The Kier molecular flexibility index (Phi) is 8.21. The van der Waals surface area contributed by atoms with Gasteiger partial charge >= 0.3 is 18.1 Å². The number of anilines is 1. The molecule has 282 valence electrons. The zero-order valence-electron chi connectivity index (χ0n) is 29.4. The summed E-state index contributed by atoms with van der Waals surface area (Å²) in [7, 11) is 0. The first kappa shape index (κ1) is 35.0. The van der Waals surface area contributed by atoms with Crippen LogP contribution in [0.2, 0.25) is 0 Å². The lowest BCUT2D eigenvalue weighted by Gasteiger charge is -2.42. The van der Waals surface area contributed by atoms with E-state index in [-0.39, 0.29) is 64.6 Å². The van der Waals surface area contributed by atoms with Gasteiger partial charge in [-0.05, 0) is 74.7 Å². The average molecular weight is 748 g/mol. The number of hydrogen-bond acceptors (Lipinski definition) is 8. The number of hydrogen-bond donors (Lipinski definition) is 1. The third kappa shape index (κ3) is 5.96. The van der Waals surface area contributed by atoms with Crippen molar-refractivity contribution in [1.29, 1.82) is 0 Å². The standard InChI is InChI=1S/C40H38F5N5O4/c1-2-23-4-3-5-24-14-27(51)15-28(31(23)24)32-30(41)16-29-34(33(32)42)46-37(54-22-38(8-9-38)19-48-12-10-39(20-48)11-13-53-21-39)47-35(29)49-17-25-6-7-26(18-49)50(25)36(52)40(43,44)45/h1,3-5,14-16,25-26,51H,6-13,17-22H2. The minimum Gasteiger partial charge on any atom is -0.508 e. The van der Waals surface area contributed by atoms with Crippen molar-refractivity contribution in [2.24, 2.45) is 10.8 Å². The number of carbonyl (C=O) groups is 1. The molecule has 4 aliphatic heterocycles. The molecule has 54 heavy (non-hydrogen) atoms. The van der Waals surface area contributed by atoms with Gasteiger partial charge in [0.25, 0.3) is 0 Å². The van der Waals surface area contributed by atoms with Crippen molar-refractivity contribution >= 4 is 33.4 Å². The highest BCUT2D eigenvalue weighted by atomic mass is 19.4. The molecule has 3 atom stereocenters. The van der Waals surface area contributed by atoms with Crippen molar-refractivity contribution in [3.8, 4) is 35.2 Å². The Morgan fingerprint density at radius 3 is 2.54 bits per heavy atom. The highest BCUT2D eigenvalue weighted by molar-refractivity contribution is 6.04. The number of phenolic OH excluding ortho intramolecular Hbond substituents is 1. The van der Waals surface area contributed by atoms with Crippen molar-refractivity contribution < 1.29 is 41.3 Å². The lowest BCUT2D eigenvalue weighted by atomic mass is 9.87. The van der Waals surface area contributed by atoms with Crippen molar-refractivity contribution in [1.82, 2.24) is 19.8 Å². The minimum atomic E-state index is -5.02. The molecular weight excluding hydrogens is 709 g/mol. The van der Waals surface area contributed by atoms with Gasteiger partial charge in [0.1, 0.15) is 22.9 Å². The number of terminal acetylenes is 1. The lowest BCUT2D eigenvalue weighted by molar-refractivity contribution is -0.188. The smallest absolute Gasteiger partial charge is 0.471 e. The Hall–Kier alpha value is -4.74. The molecule has 1 aliphatic carbocycles. The van der Waals surface area contributed by atoms with Crippen LogP contribution >= 0.6 is 0 Å². The molecule has 1 aromatic heterocycles. The number of likely N-dealkylation sites (tertiary alicyclic amines) is 1. The summed E-state index contributed by atoms with van der Waals surface area (Å²) in [5.74, 6) is -1.46. The number of piperazine rings is 1. The van der Waals surface area contributed by atoms with Crippen molar-refractivity contribution in [2.45, 2.75) is 56.8 Å². The summed E-state index contributed by atoms with van der Waals surface area (Å²) in [5.41, 5.74) is -0.258. The number of carbonyl (C=O) groups excluding carboxylic acids is 1. The zero-order valence-corrected chi connectivity index (χ0v) is 29.4. The summed E-state index contributed by atoms with van der Waals surface area (Å²) in [6, 6.07) is 7.13. The van der Waals surface area contributed by atoms with E-state index >= 15 is 8.78 Å². The summed E-state index contributed by atoms with van der Waals surface area (Å²) in [6.45, 7) is 4.52. The molecule has 4 aromatic rings. The molecule has 3 aromatic carbocycles. The Balaban J connectivity index is 1.10. The Morgan fingerprint density at radius 2 is 1.85 bits per heavy atom. The Bertz CT molecular complexity index is 2220. The molecular formula is C40H38F5N5O4. The molecule has 5 aliphatic rings. The zero-order chi connectivity index (χ0) is 37.6. The molecule has 4 saturated heterocycles. The van der Waals surface area contributed by atoms with E-state index in [0.29, 0.717) is 29.2 Å². The van der Waals surface area contributed by atoms with Crippen LogP contribution in [0, 0.1) is 34.8 Å². The van der Waals surface area contributed by atoms with Gasteiger partial charge in [0.05, 0.1) is 30.9 Å². The SMILES string of the molecule is C#Cc1cccc2cc(O)cc(-c3c(F)cc4c(N5CC6CCC(C5)N6C(=O)C(F)(F)F)nc(OCC5(CN6CCC7(CCOC7)C6)CC5)nc4c3F)c12. The van der Waals surface area contributed by atoms with Gasteiger partial charge in [0, 0.05) is 65.5 Å². The topological polar surface area (TPSA) is 91.3 Å². The third-order valence-electron chi connectivity index (χ3n) is 12.2. The van der Waals surface area contributed by atoms with Crippen LogP contribution in [0.3, 0.4) is 0 Å². The number of benzene rings is 3. The van der Waals surface area contributed by atoms with E-state index in [2.05, 4.69) is 20.8 Å². The number of ether oxygens (including phenoxy) is 2. The second-order valence-corrected chi connectivity index (χ2v) is 15.9. The second kappa shape index (κ2) is 12.7. The van der Waals surface area contributed by atoms with E-state index in [1.165, 1.54) is 12.1 Å². The van der Waals surface area contributed by atoms with Gasteiger partial charge in [0.15, 0.2) is 5.82 Å². The van der Waals surface area contributed by atoms with E-state index in [4.69, 9.17) is 15.9 Å². The van der Waals surface area contributed by atoms with Crippen LogP contribution in [-0.2, 0) is 9.53 Å². The van der Waals surface area contributed by atoms with Gasteiger partial charge in [-0.25, -0.2) is 8.78 Å². The Labute approximate surface area is 308 Å². The highest BCUT2D eigenvalue weighted by Gasteiger charge is 2.52. The minimum absolute atomic E-state index is 0.0000114. The van der Waals surface area contributed by atoms with Crippen LogP contribution in [0.25, 0.3) is 32.8 Å².